The van der Waals surface area contributed by atoms with E-state index >= 15 is 0 Å². The SMILES string of the molecule is O=C(Oc1ccccc1CC(=O)c1ccc(C(F)(F)F)cc1)Oc1ccccc1CC(=O)c1ccc(C(F)(F)F)cc1. The predicted octanol–water partition coefficient (Wildman–Crippen LogP) is 8.15. The third-order valence-electron chi connectivity index (χ3n) is 6.10. The van der Waals surface area contributed by atoms with Gasteiger partial charge in [-0.15, -0.1) is 0 Å². The van der Waals surface area contributed by atoms with Gasteiger partial charge in [-0.05, 0) is 36.4 Å². The van der Waals surface area contributed by atoms with Gasteiger partial charge in [0.1, 0.15) is 11.5 Å². The fourth-order valence-corrected chi connectivity index (χ4v) is 3.94. The zero-order valence-corrected chi connectivity index (χ0v) is 21.5. The molecule has 0 aromatic heterocycles. The van der Waals surface area contributed by atoms with E-state index in [4.69, 9.17) is 9.47 Å². The van der Waals surface area contributed by atoms with Gasteiger partial charge < -0.3 is 9.47 Å². The zero-order chi connectivity index (χ0) is 30.5. The van der Waals surface area contributed by atoms with Crippen LogP contribution >= 0.6 is 0 Å². The third-order valence-corrected chi connectivity index (χ3v) is 6.10. The van der Waals surface area contributed by atoms with Crippen LogP contribution in [0, 0.1) is 0 Å². The summed E-state index contributed by atoms with van der Waals surface area (Å²) >= 11 is 0. The van der Waals surface area contributed by atoms with Gasteiger partial charge in [0.05, 0.1) is 11.1 Å². The van der Waals surface area contributed by atoms with E-state index in [0.717, 1.165) is 48.5 Å². The Hall–Kier alpha value is -4.93. The Labute approximate surface area is 235 Å². The van der Waals surface area contributed by atoms with Crippen LogP contribution in [0.5, 0.6) is 11.5 Å². The topological polar surface area (TPSA) is 69.7 Å². The van der Waals surface area contributed by atoms with Crippen molar-refractivity contribution in [1.82, 2.24) is 0 Å². The second-order valence-corrected chi connectivity index (χ2v) is 9.02. The monoisotopic (exact) mass is 586 g/mol. The standard InChI is InChI=1S/C31H20F6O5/c32-30(33,34)23-13-9-19(10-14-23)25(38)17-21-5-1-3-7-27(21)41-29(40)42-28-8-4-2-6-22(28)18-26(39)20-11-15-24(16-12-20)31(35,36)37/h1-16H,17-18H2. The third kappa shape index (κ3) is 7.62. The number of ether oxygens (including phenoxy) is 2. The Bertz CT molecular complexity index is 1470. The average Bonchev–Trinajstić information content (AvgIpc) is 2.94. The van der Waals surface area contributed by atoms with Crippen LogP contribution in [0.3, 0.4) is 0 Å². The van der Waals surface area contributed by atoms with E-state index in [0.29, 0.717) is 0 Å². The molecule has 0 saturated heterocycles. The van der Waals surface area contributed by atoms with Crippen molar-refractivity contribution in [3.05, 3.63) is 130 Å². The van der Waals surface area contributed by atoms with Crippen LogP contribution in [0.25, 0.3) is 0 Å². The summed E-state index contributed by atoms with van der Waals surface area (Å²) in [7, 11) is 0. The Balaban J connectivity index is 1.43. The number of carbonyl (C=O) groups excluding carboxylic acids is 3. The van der Waals surface area contributed by atoms with Gasteiger partial charge in [-0.1, -0.05) is 60.7 Å². The van der Waals surface area contributed by atoms with Gasteiger partial charge in [-0.3, -0.25) is 9.59 Å². The summed E-state index contributed by atoms with van der Waals surface area (Å²) in [5.74, 6) is -1.08. The van der Waals surface area contributed by atoms with Crippen molar-refractivity contribution in [2.24, 2.45) is 0 Å². The van der Waals surface area contributed by atoms with E-state index in [1.807, 2.05) is 0 Å². The van der Waals surface area contributed by atoms with Crippen molar-refractivity contribution < 1.29 is 50.2 Å². The van der Waals surface area contributed by atoms with E-state index in [2.05, 4.69) is 0 Å². The van der Waals surface area contributed by atoms with Crippen LogP contribution in [0.2, 0.25) is 0 Å². The van der Waals surface area contributed by atoms with Gasteiger partial charge in [0.15, 0.2) is 11.6 Å². The van der Waals surface area contributed by atoms with Crippen LogP contribution < -0.4 is 9.47 Å². The molecule has 0 bridgehead atoms. The summed E-state index contributed by atoms with van der Waals surface area (Å²) in [6.45, 7) is 0. The molecule has 5 nitrogen and oxygen atoms in total. The molecule has 0 amide bonds. The molecule has 4 rings (SSSR count). The second kappa shape index (κ2) is 12.3. The summed E-state index contributed by atoms with van der Waals surface area (Å²) in [6, 6.07) is 19.5. The first-order valence-electron chi connectivity index (χ1n) is 12.3. The number of alkyl halides is 6. The summed E-state index contributed by atoms with van der Waals surface area (Å²) in [6.07, 6.45) is -10.9. The summed E-state index contributed by atoms with van der Waals surface area (Å²) in [4.78, 5) is 38.0. The number of halogens is 6. The Kier molecular flexibility index (Phi) is 8.79. The molecule has 0 heterocycles. The first kappa shape index (κ1) is 30.0. The van der Waals surface area contributed by atoms with Crippen LogP contribution in [0.4, 0.5) is 31.1 Å². The average molecular weight is 586 g/mol. The largest absolute Gasteiger partial charge is 0.519 e. The van der Waals surface area contributed by atoms with Gasteiger partial charge in [-0.2, -0.15) is 26.3 Å². The maximum Gasteiger partial charge on any atom is 0.519 e. The highest BCUT2D eigenvalue weighted by Crippen LogP contribution is 2.31. The number of rotatable bonds is 8. The van der Waals surface area contributed by atoms with Gasteiger partial charge >= 0.3 is 18.5 Å². The first-order chi connectivity index (χ1) is 19.8. The molecule has 0 saturated carbocycles. The minimum Gasteiger partial charge on any atom is -0.394 e. The second-order valence-electron chi connectivity index (χ2n) is 9.02. The molecule has 0 N–H and O–H groups in total. The van der Waals surface area contributed by atoms with E-state index in [1.165, 1.54) is 36.4 Å². The van der Waals surface area contributed by atoms with Gasteiger partial charge in [0.25, 0.3) is 0 Å². The molecule has 0 aliphatic carbocycles. The van der Waals surface area contributed by atoms with E-state index in [9.17, 15) is 40.7 Å². The highest BCUT2D eigenvalue weighted by Gasteiger charge is 2.31. The van der Waals surface area contributed by atoms with E-state index in [-0.39, 0.29) is 46.6 Å². The minimum absolute atomic E-state index is 0.0268. The maximum atomic E-state index is 12.8. The van der Waals surface area contributed by atoms with Gasteiger partial charge in [-0.25, -0.2) is 4.79 Å². The summed E-state index contributed by atoms with van der Waals surface area (Å²) in [5, 5.41) is 0. The lowest BCUT2D eigenvalue weighted by Gasteiger charge is -2.12. The minimum atomic E-state index is -4.55. The van der Waals surface area contributed by atoms with E-state index in [1.54, 1.807) is 12.1 Å². The Morgan fingerprint density at radius 1 is 0.500 bits per heavy atom. The number of ketones is 2. The highest BCUT2D eigenvalue weighted by molar-refractivity contribution is 5.98. The molecule has 4 aromatic carbocycles. The number of benzene rings is 4. The number of para-hydroxylation sites is 2. The summed E-state index contributed by atoms with van der Waals surface area (Å²) < 4.78 is 87.5. The predicted molar refractivity (Wildman–Crippen MR) is 138 cm³/mol. The quantitative estimate of drug-likeness (QED) is 0.0902. The number of carbonyl (C=O) groups is 3. The molecule has 0 spiro atoms. The van der Waals surface area contributed by atoms with Gasteiger partial charge in [0.2, 0.25) is 0 Å². The smallest absolute Gasteiger partial charge is 0.394 e. The molecule has 4 aromatic rings. The van der Waals surface area contributed by atoms with Crippen molar-refractivity contribution in [2.75, 3.05) is 0 Å². The molecule has 216 valence electrons. The number of Topliss-reactive ketones (excluding diaryl/α,β-unsaturated/α-hetero) is 2. The molecule has 0 atom stereocenters. The van der Waals surface area contributed by atoms with Crippen molar-refractivity contribution in [3.63, 3.8) is 0 Å². The number of hydrogen-bond acceptors (Lipinski definition) is 5. The molecule has 0 radical (unpaired) electrons. The Morgan fingerprint density at radius 2 is 0.833 bits per heavy atom. The fourth-order valence-electron chi connectivity index (χ4n) is 3.94. The zero-order valence-electron chi connectivity index (χ0n) is 21.5. The lowest BCUT2D eigenvalue weighted by molar-refractivity contribution is -0.138. The first-order valence-corrected chi connectivity index (χ1v) is 12.3. The van der Waals surface area contributed by atoms with Crippen LogP contribution in [0.15, 0.2) is 97.1 Å². The molecule has 42 heavy (non-hydrogen) atoms. The molecule has 11 heteroatoms. The fraction of sp³-hybridized carbons (Fsp3) is 0.129. The van der Waals surface area contributed by atoms with Crippen molar-refractivity contribution in [3.8, 4) is 11.5 Å². The Morgan fingerprint density at radius 3 is 1.17 bits per heavy atom. The van der Waals surface area contributed by atoms with E-state index < -0.39 is 41.2 Å². The molecule has 0 unspecified atom stereocenters. The molecular formula is C31H20F6O5. The van der Waals surface area contributed by atoms with Crippen LogP contribution in [0.1, 0.15) is 43.0 Å². The molecule has 0 aliphatic heterocycles. The maximum absolute atomic E-state index is 12.8. The van der Waals surface area contributed by atoms with Crippen LogP contribution in [-0.4, -0.2) is 17.7 Å². The highest BCUT2D eigenvalue weighted by atomic mass is 19.4. The van der Waals surface area contributed by atoms with Gasteiger partial charge in [0, 0.05) is 35.1 Å². The normalized spacial score (nSPS) is 11.6. The lowest BCUT2D eigenvalue weighted by atomic mass is 10.0. The van der Waals surface area contributed by atoms with Crippen molar-refractivity contribution >= 4 is 17.7 Å². The molecular weight excluding hydrogens is 566 g/mol. The number of hydrogen-bond donors (Lipinski definition) is 0. The molecule has 0 aliphatic rings. The van der Waals surface area contributed by atoms with Crippen molar-refractivity contribution in [1.29, 1.82) is 0 Å². The molecule has 0 fully saturated rings. The van der Waals surface area contributed by atoms with Crippen LogP contribution in [-0.2, 0) is 25.2 Å². The summed E-state index contributed by atoms with van der Waals surface area (Å²) in [5.41, 5.74) is -1.19. The lowest BCUT2D eigenvalue weighted by Crippen LogP contribution is -2.17. The van der Waals surface area contributed by atoms with Crippen molar-refractivity contribution in [2.45, 2.75) is 25.2 Å².